The summed E-state index contributed by atoms with van der Waals surface area (Å²) < 4.78 is 27.7. The molecule has 2 fully saturated rings. The minimum atomic E-state index is -3.79. The number of amides is 1. The van der Waals surface area contributed by atoms with E-state index in [0.29, 0.717) is 43.1 Å². The zero-order valence-electron chi connectivity index (χ0n) is 19.8. The van der Waals surface area contributed by atoms with Crippen molar-refractivity contribution in [3.63, 3.8) is 0 Å². The van der Waals surface area contributed by atoms with E-state index in [9.17, 15) is 13.2 Å². The molecule has 0 N–H and O–H groups in total. The summed E-state index contributed by atoms with van der Waals surface area (Å²) in [4.78, 5) is 23.1. The number of hydrogen-bond donors (Lipinski definition) is 0. The van der Waals surface area contributed by atoms with E-state index in [1.54, 1.807) is 6.07 Å². The van der Waals surface area contributed by atoms with Gasteiger partial charge in [0.2, 0.25) is 10.0 Å². The molecular weight excluding hydrogens is 523 g/mol. The van der Waals surface area contributed by atoms with Gasteiger partial charge in [0.15, 0.2) is 0 Å². The van der Waals surface area contributed by atoms with Crippen LogP contribution in [0.5, 0.6) is 0 Å². The van der Waals surface area contributed by atoms with Crippen LogP contribution in [0.25, 0.3) is 0 Å². The SMILES string of the molecule is O=C(C1=NOC2(CCN(S(=O)(=O)c3cc(Cl)ccc3Cl)CC2)C1)N1CCN(Cc2ccccc2)CC1. The van der Waals surface area contributed by atoms with Crippen LogP contribution in [0, 0.1) is 0 Å². The van der Waals surface area contributed by atoms with E-state index >= 15 is 0 Å². The molecule has 2 aromatic carbocycles. The van der Waals surface area contributed by atoms with Crippen LogP contribution in [-0.2, 0) is 26.2 Å². The number of oxime groups is 1. The van der Waals surface area contributed by atoms with Crippen LogP contribution in [0.15, 0.2) is 58.6 Å². The van der Waals surface area contributed by atoms with E-state index in [-0.39, 0.29) is 28.9 Å². The maximum atomic E-state index is 13.1. The van der Waals surface area contributed by atoms with Crippen LogP contribution in [-0.4, -0.2) is 79.0 Å². The molecule has 0 aromatic heterocycles. The monoisotopic (exact) mass is 550 g/mol. The maximum Gasteiger partial charge on any atom is 0.271 e. The maximum absolute atomic E-state index is 13.1. The number of rotatable bonds is 5. The molecule has 3 aliphatic rings. The Balaban J connectivity index is 1.14. The second-order valence-electron chi connectivity index (χ2n) is 9.52. The molecule has 2 aromatic rings. The van der Waals surface area contributed by atoms with Crippen molar-refractivity contribution in [1.82, 2.24) is 14.1 Å². The Morgan fingerprint density at radius 3 is 2.36 bits per heavy atom. The minimum absolute atomic E-state index is 0.00141. The molecule has 5 rings (SSSR count). The first-order valence-electron chi connectivity index (χ1n) is 12.0. The van der Waals surface area contributed by atoms with Crippen molar-refractivity contribution < 1.29 is 18.0 Å². The first-order chi connectivity index (χ1) is 17.3. The van der Waals surface area contributed by atoms with Gasteiger partial charge in [0.25, 0.3) is 5.91 Å². The number of piperazine rings is 1. The van der Waals surface area contributed by atoms with Crippen LogP contribution >= 0.6 is 23.2 Å². The highest BCUT2D eigenvalue weighted by atomic mass is 35.5. The van der Waals surface area contributed by atoms with Crippen molar-refractivity contribution in [2.45, 2.75) is 36.3 Å². The Morgan fingerprint density at radius 2 is 1.67 bits per heavy atom. The van der Waals surface area contributed by atoms with Gasteiger partial charge in [0.05, 0.1) is 5.02 Å². The van der Waals surface area contributed by atoms with E-state index in [0.717, 1.165) is 19.6 Å². The summed E-state index contributed by atoms with van der Waals surface area (Å²) in [6.45, 7) is 4.27. The Kier molecular flexibility index (Phi) is 7.29. The second kappa shape index (κ2) is 10.3. The van der Waals surface area contributed by atoms with Crippen molar-refractivity contribution in [1.29, 1.82) is 0 Å². The normalized spacial score (nSPS) is 20.8. The van der Waals surface area contributed by atoms with E-state index in [1.807, 2.05) is 23.1 Å². The molecule has 192 valence electrons. The molecule has 11 heteroatoms. The van der Waals surface area contributed by atoms with Gasteiger partial charge in [-0.15, -0.1) is 0 Å². The van der Waals surface area contributed by atoms with Gasteiger partial charge >= 0.3 is 0 Å². The first-order valence-corrected chi connectivity index (χ1v) is 14.2. The Morgan fingerprint density at radius 1 is 0.972 bits per heavy atom. The summed E-state index contributed by atoms with van der Waals surface area (Å²) in [6.07, 6.45) is 1.27. The molecule has 0 bridgehead atoms. The lowest BCUT2D eigenvalue weighted by atomic mass is 9.87. The third-order valence-electron chi connectivity index (χ3n) is 7.14. The van der Waals surface area contributed by atoms with Crippen LogP contribution < -0.4 is 0 Å². The lowest BCUT2D eigenvalue weighted by molar-refractivity contribution is -0.126. The average molecular weight is 551 g/mol. The summed E-state index contributed by atoms with van der Waals surface area (Å²) in [5, 5.41) is 4.60. The number of halogens is 2. The molecule has 0 saturated carbocycles. The van der Waals surface area contributed by atoms with Crippen LogP contribution in [0.1, 0.15) is 24.8 Å². The van der Waals surface area contributed by atoms with Gasteiger partial charge in [0, 0.05) is 70.1 Å². The van der Waals surface area contributed by atoms with Crippen molar-refractivity contribution in [3.8, 4) is 0 Å². The van der Waals surface area contributed by atoms with Crippen molar-refractivity contribution in [2.75, 3.05) is 39.3 Å². The number of piperidine rings is 1. The second-order valence-corrected chi connectivity index (χ2v) is 12.3. The van der Waals surface area contributed by atoms with E-state index in [2.05, 4.69) is 22.2 Å². The molecule has 3 aliphatic heterocycles. The molecular formula is C25H28Cl2N4O4S. The number of benzene rings is 2. The van der Waals surface area contributed by atoms with Crippen LogP contribution in [0.3, 0.4) is 0 Å². The fraction of sp³-hybridized carbons (Fsp3) is 0.440. The van der Waals surface area contributed by atoms with Gasteiger partial charge in [-0.3, -0.25) is 9.69 Å². The van der Waals surface area contributed by atoms with Gasteiger partial charge in [-0.25, -0.2) is 8.42 Å². The number of hydrogen-bond acceptors (Lipinski definition) is 6. The summed E-state index contributed by atoms with van der Waals surface area (Å²) in [5.74, 6) is -0.0907. The van der Waals surface area contributed by atoms with Crippen LogP contribution in [0.2, 0.25) is 10.0 Å². The number of nitrogens with zero attached hydrogens (tertiary/aromatic N) is 4. The zero-order valence-corrected chi connectivity index (χ0v) is 22.1. The van der Waals surface area contributed by atoms with E-state index < -0.39 is 15.6 Å². The molecule has 1 amide bonds. The lowest BCUT2D eigenvalue weighted by Gasteiger charge is -2.37. The largest absolute Gasteiger partial charge is 0.388 e. The standard InChI is InChI=1S/C25H28Cl2N4O4S/c26-20-6-7-21(27)23(16-20)36(33,34)31-10-8-25(9-11-31)17-22(28-35-25)24(32)30-14-12-29(13-15-30)18-19-4-2-1-3-5-19/h1-7,16H,8-15,17-18H2. The topological polar surface area (TPSA) is 82.5 Å². The average Bonchev–Trinajstić information content (AvgIpc) is 3.29. The molecule has 0 radical (unpaired) electrons. The van der Waals surface area contributed by atoms with Crippen molar-refractivity contribution in [2.24, 2.45) is 5.16 Å². The predicted molar refractivity (Wildman–Crippen MR) is 139 cm³/mol. The molecule has 3 heterocycles. The smallest absolute Gasteiger partial charge is 0.271 e. The molecule has 36 heavy (non-hydrogen) atoms. The van der Waals surface area contributed by atoms with Gasteiger partial charge in [-0.2, -0.15) is 4.31 Å². The number of carbonyl (C=O) groups is 1. The third kappa shape index (κ3) is 5.26. The van der Waals surface area contributed by atoms with Gasteiger partial charge in [-0.05, 0) is 23.8 Å². The van der Waals surface area contributed by atoms with Gasteiger partial charge < -0.3 is 9.74 Å². The lowest BCUT2D eigenvalue weighted by Crippen LogP contribution is -2.51. The Bertz CT molecular complexity index is 1260. The molecule has 0 atom stereocenters. The summed E-state index contributed by atoms with van der Waals surface area (Å²) in [6, 6.07) is 14.7. The Hall–Kier alpha value is -2.17. The van der Waals surface area contributed by atoms with Crippen molar-refractivity contribution in [3.05, 3.63) is 64.1 Å². The fourth-order valence-corrected chi connectivity index (χ4v) is 7.16. The zero-order chi connectivity index (χ0) is 25.3. The number of carbonyl (C=O) groups excluding carboxylic acids is 1. The molecule has 1 spiro atoms. The van der Waals surface area contributed by atoms with E-state index in [1.165, 1.54) is 22.0 Å². The quantitative estimate of drug-likeness (QED) is 0.567. The van der Waals surface area contributed by atoms with Crippen molar-refractivity contribution >= 4 is 44.8 Å². The molecule has 0 aliphatic carbocycles. The first kappa shape index (κ1) is 25.5. The summed E-state index contributed by atoms with van der Waals surface area (Å²) in [7, 11) is -3.79. The summed E-state index contributed by atoms with van der Waals surface area (Å²) in [5.41, 5.74) is 1.03. The van der Waals surface area contributed by atoms with Gasteiger partial charge in [0.1, 0.15) is 16.2 Å². The Labute approximate surface area is 221 Å². The highest BCUT2D eigenvalue weighted by Crippen LogP contribution is 2.37. The van der Waals surface area contributed by atoms with Crippen LogP contribution in [0.4, 0.5) is 0 Å². The third-order valence-corrected chi connectivity index (χ3v) is 9.75. The highest BCUT2D eigenvalue weighted by molar-refractivity contribution is 7.89. The highest BCUT2D eigenvalue weighted by Gasteiger charge is 2.46. The van der Waals surface area contributed by atoms with E-state index in [4.69, 9.17) is 28.0 Å². The van der Waals surface area contributed by atoms with Gasteiger partial charge in [-0.1, -0.05) is 58.7 Å². The predicted octanol–water partition coefficient (Wildman–Crippen LogP) is 3.64. The molecule has 2 saturated heterocycles. The minimum Gasteiger partial charge on any atom is -0.388 e. The molecule has 0 unspecified atom stereocenters. The summed E-state index contributed by atoms with van der Waals surface area (Å²) >= 11 is 12.1. The fourth-order valence-electron chi connectivity index (χ4n) is 4.99. The number of sulfonamides is 1. The molecule has 8 nitrogen and oxygen atoms in total.